The fraction of sp³-hybridized carbons (Fsp3) is 0.474. The number of carbonyl (C=O) groups is 2. The topological polar surface area (TPSA) is 83.3 Å². The maximum Gasteiger partial charge on any atom is 0.388 e. The Morgan fingerprint density at radius 3 is 2.74 bits per heavy atom. The molecule has 3 rings (SSSR count). The van der Waals surface area contributed by atoms with Crippen LogP contribution in [0.2, 0.25) is 0 Å². The Labute approximate surface area is 155 Å². The van der Waals surface area contributed by atoms with Crippen LogP contribution in [0.5, 0.6) is 5.88 Å². The second-order valence-electron chi connectivity index (χ2n) is 7.66. The smallest absolute Gasteiger partial charge is 0.388 e. The normalized spacial score (nSPS) is 24.1. The van der Waals surface area contributed by atoms with Crippen molar-refractivity contribution in [1.82, 2.24) is 9.88 Å². The number of hydrogen-bond donors (Lipinski definition) is 0. The van der Waals surface area contributed by atoms with Gasteiger partial charge in [-0.15, -0.1) is 0 Å². The Morgan fingerprint density at radius 2 is 2.15 bits per heavy atom. The molecule has 1 amide bonds. The number of nitriles is 1. The molecule has 8 heteroatoms. The number of hydrogen-bond acceptors (Lipinski definition) is 5. The maximum atomic E-state index is 12.7. The zero-order valence-electron chi connectivity index (χ0n) is 15.0. The van der Waals surface area contributed by atoms with Crippen LogP contribution in [0.15, 0.2) is 30.0 Å². The summed E-state index contributed by atoms with van der Waals surface area (Å²) in [6.45, 7) is 1.53. The number of allylic oxidation sites excluding steroid dienone is 1. The summed E-state index contributed by atoms with van der Waals surface area (Å²) in [5, 5.41) is 9.29. The van der Waals surface area contributed by atoms with Crippen LogP contribution in [0.1, 0.15) is 37.0 Å². The molecule has 0 radical (unpaired) electrons. The van der Waals surface area contributed by atoms with Gasteiger partial charge in [0.15, 0.2) is 5.78 Å². The van der Waals surface area contributed by atoms with Gasteiger partial charge in [-0.25, -0.2) is 4.98 Å². The van der Waals surface area contributed by atoms with Crippen molar-refractivity contribution in [3.05, 3.63) is 35.5 Å². The van der Waals surface area contributed by atoms with Crippen LogP contribution < -0.4 is 4.74 Å². The summed E-state index contributed by atoms with van der Waals surface area (Å²) in [5.41, 5.74) is -0.654. The molecule has 27 heavy (non-hydrogen) atoms. The molecule has 1 aliphatic carbocycles. The number of likely N-dealkylation sites (tertiary alicyclic amines) is 1. The van der Waals surface area contributed by atoms with Gasteiger partial charge in [0.1, 0.15) is 6.07 Å². The zero-order chi connectivity index (χ0) is 19.8. The van der Waals surface area contributed by atoms with E-state index in [0.29, 0.717) is 25.9 Å². The van der Waals surface area contributed by atoms with Gasteiger partial charge >= 0.3 is 6.61 Å². The number of ketones is 1. The van der Waals surface area contributed by atoms with E-state index in [-0.39, 0.29) is 28.7 Å². The number of nitrogens with zero attached hydrogens (tertiary/aromatic N) is 3. The highest BCUT2D eigenvalue weighted by Gasteiger charge is 2.48. The second kappa shape index (κ2) is 6.72. The number of rotatable bonds is 3. The molecule has 6 nitrogen and oxygen atoms in total. The predicted octanol–water partition coefficient (Wildman–Crippen LogP) is 2.96. The average Bonchev–Trinajstić information content (AvgIpc) is 3.00. The largest absolute Gasteiger partial charge is 0.417 e. The van der Waals surface area contributed by atoms with E-state index in [1.54, 1.807) is 11.0 Å². The molecule has 1 aromatic heterocycles. The fourth-order valence-electron chi connectivity index (χ4n) is 4.01. The Hall–Kier alpha value is -2.82. The minimum absolute atomic E-state index is 0.149. The number of alkyl halides is 2. The number of aromatic nitrogens is 1. The minimum Gasteiger partial charge on any atom is -0.417 e. The lowest BCUT2D eigenvalue weighted by molar-refractivity contribution is -0.125. The first-order valence-corrected chi connectivity index (χ1v) is 8.54. The van der Waals surface area contributed by atoms with Crippen molar-refractivity contribution in [2.45, 2.75) is 33.3 Å². The third-order valence-corrected chi connectivity index (χ3v) is 5.09. The third-order valence-electron chi connectivity index (χ3n) is 5.09. The quantitative estimate of drug-likeness (QED) is 0.811. The summed E-state index contributed by atoms with van der Waals surface area (Å²) in [4.78, 5) is 30.4. The molecular formula is C19H19F2N3O3. The van der Waals surface area contributed by atoms with Crippen LogP contribution in [0, 0.1) is 22.2 Å². The molecule has 2 heterocycles. The van der Waals surface area contributed by atoms with E-state index < -0.39 is 17.4 Å². The SMILES string of the molecule is CC1(C)C[C@@]2(C=C(C#N)C1=O)CCN(C(=O)c1ccc(OC(F)F)nc1)C2. The lowest BCUT2D eigenvalue weighted by Gasteiger charge is -2.38. The van der Waals surface area contributed by atoms with Crippen molar-refractivity contribution in [3.63, 3.8) is 0 Å². The molecule has 1 saturated heterocycles. The first-order valence-electron chi connectivity index (χ1n) is 8.54. The molecule has 0 saturated carbocycles. The Morgan fingerprint density at radius 1 is 1.41 bits per heavy atom. The monoisotopic (exact) mass is 375 g/mol. The fourth-order valence-corrected chi connectivity index (χ4v) is 4.01. The molecule has 142 valence electrons. The van der Waals surface area contributed by atoms with Crippen molar-refractivity contribution in [2.24, 2.45) is 10.8 Å². The van der Waals surface area contributed by atoms with Crippen molar-refractivity contribution in [1.29, 1.82) is 5.26 Å². The van der Waals surface area contributed by atoms with Crippen molar-refractivity contribution in [3.8, 4) is 11.9 Å². The highest BCUT2D eigenvalue weighted by Crippen LogP contribution is 2.48. The highest BCUT2D eigenvalue weighted by atomic mass is 19.3. The zero-order valence-corrected chi connectivity index (χ0v) is 15.0. The standard InChI is InChI=1S/C19H19F2N3O3/c1-18(2)10-19(7-13(8-22)15(18)25)5-6-24(11-19)16(26)12-3-4-14(23-9-12)27-17(20)21/h3-4,7,9,17H,5-6,10-11H2,1-2H3/t19-/m0/s1. The Kier molecular flexibility index (Phi) is 4.72. The predicted molar refractivity (Wildman–Crippen MR) is 90.9 cm³/mol. The van der Waals surface area contributed by atoms with E-state index in [4.69, 9.17) is 0 Å². The van der Waals surface area contributed by atoms with E-state index in [1.165, 1.54) is 18.3 Å². The van der Waals surface area contributed by atoms with Gasteiger partial charge in [-0.2, -0.15) is 14.0 Å². The van der Waals surface area contributed by atoms with Crippen LogP contribution in [-0.4, -0.2) is 41.3 Å². The number of Topliss-reactive ketones (excluding diaryl/α,β-unsaturated/α-hetero) is 1. The van der Waals surface area contributed by atoms with Crippen LogP contribution >= 0.6 is 0 Å². The summed E-state index contributed by atoms with van der Waals surface area (Å²) in [7, 11) is 0. The first-order chi connectivity index (χ1) is 12.7. The molecule has 0 bridgehead atoms. The molecule has 0 unspecified atom stereocenters. The molecule has 1 fully saturated rings. The Balaban J connectivity index is 1.77. The second-order valence-corrected chi connectivity index (χ2v) is 7.66. The molecule has 0 N–H and O–H groups in total. The average molecular weight is 375 g/mol. The van der Waals surface area contributed by atoms with Crippen LogP contribution in [0.4, 0.5) is 8.78 Å². The number of ether oxygens (including phenoxy) is 1. The van der Waals surface area contributed by atoms with E-state index in [0.717, 1.165) is 0 Å². The van der Waals surface area contributed by atoms with E-state index in [1.807, 2.05) is 19.9 Å². The molecule has 1 atom stereocenters. The molecule has 0 aromatic carbocycles. The van der Waals surface area contributed by atoms with E-state index in [9.17, 15) is 23.6 Å². The van der Waals surface area contributed by atoms with Gasteiger partial charge in [-0.3, -0.25) is 9.59 Å². The van der Waals surface area contributed by atoms with Crippen molar-refractivity contribution < 1.29 is 23.1 Å². The highest BCUT2D eigenvalue weighted by molar-refractivity contribution is 6.03. The molecular weight excluding hydrogens is 356 g/mol. The lowest BCUT2D eigenvalue weighted by Crippen LogP contribution is -2.40. The lowest BCUT2D eigenvalue weighted by atomic mass is 9.64. The van der Waals surface area contributed by atoms with Crippen LogP contribution in [0.25, 0.3) is 0 Å². The number of pyridine rings is 1. The number of amides is 1. The maximum absolute atomic E-state index is 12.7. The van der Waals surface area contributed by atoms with E-state index in [2.05, 4.69) is 9.72 Å². The van der Waals surface area contributed by atoms with Crippen LogP contribution in [0.3, 0.4) is 0 Å². The number of halogens is 2. The van der Waals surface area contributed by atoms with Gasteiger partial charge in [-0.1, -0.05) is 19.9 Å². The Bertz CT molecular complexity index is 843. The van der Waals surface area contributed by atoms with Crippen LogP contribution in [-0.2, 0) is 4.79 Å². The minimum atomic E-state index is -2.98. The summed E-state index contributed by atoms with van der Waals surface area (Å²) >= 11 is 0. The van der Waals surface area contributed by atoms with Gasteiger partial charge < -0.3 is 9.64 Å². The molecule has 1 aromatic rings. The summed E-state index contributed by atoms with van der Waals surface area (Å²) < 4.78 is 28.6. The van der Waals surface area contributed by atoms with E-state index >= 15 is 0 Å². The van der Waals surface area contributed by atoms with Gasteiger partial charge in [0.2, 0.25) is 5.88 Å². The molecule has 2 aliphatic rings. The molecule has 1 aliphatic heterocycles. The summed E-state index contributed by atoms with van der Waals surface area (Å²) in [6.07, 6.45) is 4.13. The van der Waals surface area contributed by atoms with Crippen molar-refractivity contribution >= 4 is 11.7 Å². The van der Waals surface area contributed by atoms with Gasteiger partial charge in [0.05, 0.1) is 11.1 Å². The summed E-state index contributed by atoms with van der Waals surface area (Å²) in [5.74, 6) is -0.697. The van der Waals surface area contributed by atoms with Gasteiger partial charge in [0.25, 0.3) is 5.91 Å². The summed E-state index contributed by atoms with van der Waals surface area (Å²) in [6, 6.07) is 4.60. The van der Waals surface area contributed by atoms with Crippen molar-refractivity contribution in [2.75, 3.05) is 13.1 Å². The van der Waals surface area contributed by atoms with Gasteiger partial charge in [0, 0.05) is 36.2 Å². The third kappa shape index (κ3) is 3.68. The first kappa shape index (κ1) is 19.0. The molecule has 1 spiro atoms. The number of carbonyl (C=O) groups excluding carboxylic acids is 2. The van der Waals surface area contributed by atoms with Gasteiger partial charge in [-0.05, 0) is 18.9 Å².